The van der Waals surface area contributed by atoms with E-state index in [1.807, 2.05) is 25.1 Å². The highest BCUT2D eigenvalue weighted by molar-refractivity contribution is 7.21. The van der Waals surface area contributed by atoms with Crippen LogP contribution in [0.1, 0.15) is 5.69 Å². The van der Waals surface area contributed by atoms with E-state index in [0.29, 0.717) is 5.82 Å². The van der Waals surface area contributed by atoms with Gasteiger partial charge in [0.05, 0.1) is 5.69 Å². The molecule has 4 nitrogen and oxygen atoms in total. The largest absolute Gasteiger partial charge is 0.244 e. The molecule has 0 aliphatic rings. The lowest BCUT2D eigenvalue weighted by Gasteiger charge is -2.12. The number of hydrogen-bond donors (Lipinski definition) is 0. The molecular weight excluding hydrogens is 508 g/mol. The molecule has 8 rings (SSSR count). The third-order valence-corrected chi connectivity index (χ3v) is 8.46. The zero-order chi connectivity index (χ0) is 26.6. The number of rotatable bonds is 3. The number of nitrogens with zero attached hydrogens (tertiary/aromatic N) is 4. The van der Waals surface area contributed by atoms with Crippen LogP contribution in [-0.2, 0) is 0 Å². The standard InChI is InChI=1S/C35H22N4S/c1-21-18-32(22-15-16-29-27-12-3-2-10-25(27)26-11-4-5-13-28(26)30(29)20-22)38-33(37-21)23-8-6-9-24(19-23)34-39-31-14-7-17-36-35(31)40-34/h2-20H,1H3. The molecule has 0 atom stereocenters. The lowest BCUT2D eigenvalue weighted by Crippen LogP contribution is -1.95. The van der Waals surface area contributed by atoms with Crippen molar-refractivity contribution in [2.75, 3.05) is 0 Å². The molecule has 0 N–H and O–H groups in total. The molecule has 0 spiro atoms. The second-order valence-corrected chi connectivity index (χ2v) is 11.0. The molecule has 5 aromatic carbocycles. The van der Waals surface area contributed by atoms with Crippen molar-refractivity contribution in [3.63, 3.8) is 0 Å². The molecule has 0 radical (unpaired) electrons. The lowest BCUT2D eigenvalue weighted by molar-refractivity contribution is 1.12. The van der Waals surface area contributed by atoms with Crippen LogP contribution in [0.3, 0.4) is 0 Å². The van der Waals surface area contributed by atoms with Gasteiger partial charge in [0.1, 0.15) is 15.4 Å². The van der Waals surface area contributed by atoms with Crippen molar-refractivity contribution in [2.24, 2.45) is 0 Å². The number of thiazole rings is 1. The van der Waals surface area contributed by atoms with Crippen LogP contribution in [0.5, 0.6) is 0 Å². The molecule has 5 heteroatoms. The van der Waals surface area contributed by atoms with Crippen LogP contribution in [-0.4, -0.2) is 19.9 Å². The van der Waals surface area contributed by atoms with Gasteiger partial charge in [-0.2, -0.15) is 0 Å². The molecule has 0 aliphatic carbocycles. The molecule has 0 bridgehead atoms. The maximum atomic E-state index is 5.06. The van der Waals surface area contributed by atoms with Gasteiger partial charge in [0.2, 0.25) is 0 Å². The van der Waals surface area contributed by atoms with E-state index in [1.165, 1.54) is 32.3 Å². The van der Waals surface area contributed by atoms with Crippen LogP contribution >= 0.6 is 11.3 Å². The Morgan fingerprint density at radius 1 is 0.525 bits per heavy atom. The zero-order valence-corrected chi connectivity index (χ0v) is 22.5. The summed E-state index contributed by atoms with van der Waals surface area (Å²) in [7, 11) is 0. The van der Waals surface area contributed by atoms with Crippen molar-refractivity contribution in [3.8, 4) is 33.2 Å². The Morgan fingerprint density at radius 3 is 1.98 bits per heavy atom. The summed E-state index contributed by atoms with van der Waals surface area (Å²) >= 11 is 1.60. The van der Waals surface area contributed by atoms with E-state index in [9.17, 15) is 0 Å². The van der Waals surface area contributed by atoms with Gasteiger partial charge in [-0.25, -0.2) is 19.9 Å². The first kappa shape index (κ1) is 22.9. The first-order chi connectivity index (χ1) is 19.7. The minimum absolute atomic E-state index is 0.708. The van der Waals surface area contributed by atoms with Crippen LogP contribution < -0.4 is 0 Å². The normalized spacial score (nSPS) is 11.6. The van der Waals surface area contributed by atoms with Gasteiger partial charge in [-0.1, -0.05) is 90.2 Å². The van der Waals surface area contributed by atoms with Crippen molar-refractivity contribution < 1.29 is 0 Å². The minimum Gasteiger partial charge on any atom is -0.244 e. The summed E-state index contributed by atoms with van der Waals surface area (Å²) in [5.74, 6) is 0.708. The quantitative estimate of drug-likeness (QED) is 0.214. The Morgan fingerprint density at radius 2 is 1.23 bits per heavy atom. The number of hydrogen-bond acceptors (Lipinski definition) is 5. The molecular formula is C35H22N4S. The van der Waals surface area contributed by atoms with E-state index >= 15 is 0 Å². The second-order valence-electron chi connectivity index (χ2n) is 10.00. The molecule has 3 heterocycles. The summed E-state index contributed by atoms with van der Waals surface area (Å²) < 4.78 is 0. The molecule has 8 aromatic rings. The summed E-state index contributed by atoms with van der Waals surface area (Å²) in [5.41, 5.74) is 5.84. The summed E-state index contributed by atoms with van der Waals surface area (Å²) in [5, 5.41) is 8.49. The Bertz CT molecular complexity index is 2180. The SMILES string of the molecule is Cc1cc(-c2ccc3c4ccccc4c4ccccc4c3c2)nc(-c2cccc(-c3nc4cccnc4s3)c2)n1. The van der Waals surface area contributed by atoms with E-state index in [2.05, 4.69) is 96.0 Å². The Kier molecular flexibility index (Phi) is 5.18. The van der Waals surface area contributed by atoms with Gasteiger partial charge < -0.3 is 0 Å². The van der Waals surface area contributed by atoms with Crippen molar-refractivity contribution in [3.05, 3.63) is 121 Å². The fourth-order valence-corrected chi connectivity index (χ4v) is 6.50. The van der Waals surface area contributed by atoms with Gasteiger partial charge >= 0.3 is 0 Å². The van der Waals surface area contributed by atoms with Crippen LogP contribution in [0.4, 0.5) is 0 Å². The van der Waals surface area contributed by atoms with Crippen molar-refractivity contribution in [1.82, 2.24) is 19.9 Å². The van der Waals surface area contributed by atoms with Crippen LogP contribution in [0.15, 0.2) is 115 Å². The molecule has 0 fully saturated rings. The summed E-state index contributed by atoms with van der Waals surface area (Å²) in [6.07, 6.45) is 1.81. The van der Waals surface area contributed by atoms with Crippen molar-refractivity contribution in [2.45, 2.75) is 6.92 Å². The van der Waals surface area contributed by atoms with Gasteiger partial charge in [-0.05, 0) is 69.6 Å². The van der Waals surface area contributed by atoms with Gasteiger partial charge in [0, 0.05) is 28.6 Å². The number of pyridine rings is 1. The smallest absolute Gasteiger partial charge is 0.160 e. The second kappa shape index (κ2) is 9.04. The highest BCUT2D eigenvalue weighted by Gasteiger charge is 2.13. The molecule has 40 heavy (non-hydrogen) atoms. The van der Waals surface area contributed by atoms with Crippen LogP contribution in [0.25, 0.3) is 75.9 Å². The molecule has 0 amide bonds. The fourth-order valence-electron chi connectivity index (χ4n) is 5.60. The van der Waals surface area contributed by atoms with Gasteiger partial charge in [-0.15, -0.1) is 0 Å². The van der Waals surface area contributed by atoms with E-state index in [0.717, 1.165) is 43.4 Å². The van der Waals surface area contributed by atoms with Gasteiger partial charge in [-0.3, -0.25) is 0 Å². The third kappa shape index (κ3) is 3.74. The van der Waals surface area contributed by atoms with E-state index in [4.69, 9.17) is 15.0 Å². The van der Waals surface area contributed by atoms with Crippen molar-refractivity contribution >= 4 is 54.0 Å². The Labute approximate surface area is 234 Å². The topological polar surface area (TPSA) is 51.6 Å². The molecule has 0 aliphatic heterocycles. The lowest BCUT2D eigenvalue weighted by atomic mass is 9.93. The highest BCUT2D eigenvalue weighted by atomic mass is 32.1. The van der Waals surface area contributed by atoms with Crippen LogP contribution in [0, 0.1) is 6.92 Å². The average molecular weight is 531 g/mol. The first-order valence-corrected chi connectivity index (χ1v) is 14.0. The number of fused-ring (bicyclic) bond motifs is 7. The van der Waals surface area contributed by atoms with E-state index in [-0.39, 0.29) is 0 Å². The van der Waals surface area contributed by atoms with E-state index < -0.39 is 0 Å². The Hall–Kier alpha value is -5.00. The zero-order valence-electron chi connectivity index (χ0n) is 21.7. The number of benzene rings is 5. The Balaban J connectivity index is 1.27. The van der Waals surface area contributed by atoms with Gasteiger partial charge in [0.15, 0.2) is 5.82 Å². The molecule has 188 valence electrons. The molecule has 0 unspecified atom stereocenters. The highest BCUT2D eigenvalue weighted by Crippen LogP contribution is 2.37. The maximum absolute atomic E-state index is 5.06. The average Bonchev–Trinajstić information content (AvgIpc) is 3.45. The van der Waals surface area contributed by atoms with E-state index in [1.54, 1.807) is 17.5 Å². The minimum atomic E-state index is 0.708. The van der Waals surface area contributed by atoms with Gasteiger partial charge in [0.25, 0.3) is 0 Å². The van der Waals surface area contributed by atoms with Crippen molar-refractivity contribution in [1.29, 1.82) is 0 Å². The first-order valence-electron chi connectivity index (χ1n) is 13.2. The predicted molar refractivity (Wildman–Crippen MR) is 167 cm³/mol. The monoisotopic (exact) mass is 530 g/mol. The molecule has 0 saturated carbocycles. The molecule has 0 saturated heterocycles. The van der Waals surface area contributed by atoms with Crippen LogP contribution in [0.2, 0.25) is 0 Å². The molecule has 3 aromatic heterocycles. The number of aryl methyl sites for hydroxylation is 1. The summed E-state index contributed by atoms with van der Waals surface area (Å²) in [6.45, 7) is 2.03. The maximum Gasteiger partial charge on any atom is 0.160 e. The third-order valence-electron chi connectivity index (χ3n) is 7.43. The summed E-state index contributed by atoms with van der Waals surface area (Å²) in [4.78, 5) is 20.1. The number of aromatic nitrogens is 4. The predicted octanol–water partition coefficient (Wildman–Crippen LogP) is 9.25. The summed E-state index contributed by atoms with van der Waals surface area (Å²) in [6, 6.07) is 38.3. The fraction of sp³-hybridized carbons (Fsp3) is 0.0286.